The van der Waals surface area contributed by atoms with Crippen molar-refractivity contribution < 1.29 is 13.2 Å². The van der Waals surface area contributed by atoms with E-state index in [9.17, 15) is 13.2 Å². The average Bonchev–Trinajstić information content (AvgIpc) is 2.79. The Morgan fingerprint density at radius 1 is 0.812 bits per heavy atom. The van der Waals surface area contributed by atoms with Gasteiger partial charge < -0.3 is 5.32 Å². The third kappa shape index (κ3) is 4.81. The van der Waals surface area contributed by atoms with Crippen LogP contribution in [0.15, 0.2) is 89.8 Å². The van der Waals surface area contributed by atoms with Crippen LogP contribution in [0.2, 0.25) is 0 Å². The Hall–Kier alpha value is -3.64. The number of rotatable bonds is 6. The van der Waals surface area contributed by atoms with Crippen LogP contribution >= 0.6 is 0 Å². The normalized spacial score (nSPS) is 11.3. The summed E-state index contributed by atoms with van der Waals surface area (Å²) in [6.07, 6.45) is 0. The minimum atomic E-state index is -3.83. The molecule has 0 aliphatic carbocycles. The molecule has 0 bridgehead atoms. The van der Waals surface area contributed by atoms with Gasteiger partial charge >= 0.3 is 0 Å². The molecule has 6 heteroatoms. The van der Waals surface area contributed by atoms with Gasteiger partial charge in [-0.2, -0.15) is 0 Å². The first kappa shape index (κ1) is 21.6. The first-order chi connectivity index (χ1) is 15.3. The maximum atomic E-state index is 12.9. The smallest absolute Gasteiger partial charge is 0.262 e. The molecular formula is C26H24N2O3S. The summed E-state index contributed by atoms with van der Waals surface area (Å²) in [5.41, 5.74) is 3.34. The highest BCUT2D eigenvalue weighted by atomic mass is 32.2. The van der Waals surface area contributed by atoms with E-state index < -0.39 is 10.0 Å². The largest absolute Gasteiger partial charge is 0.348 e. The van der Waals surface area contributed by atoms with Crippen molar-refractivity contribution in [2.45, 2.75) is 25.3 Å². The van der Waals surface area contributed by atoms with Crippen LogP contribution < -0.4 is 10.0 Å². The number of amides is 1. The van der Waals surface area contributed by atoms with Gasteiger partial charge in [0.2, 0.25) is 0 Å². The lowest BCUT2D eigenvalue weighted by molar-refractivity contribution is 0.0950. The minimum absolute atomic E-state index is 0.0800. The predicted molar refractivity (Wildman–Crippen MR) is 128 cm³/mol. The van der Waals surface area contributed by atoms with Gasteiger partial charge in [0.1, 0.15) is 0 Å². The van der Waals surface area contributed by atoms with Crippen molar-refractivity contribution in [3.05, 3.63) is 107 Å². The Morgan fingerprint density at radius 2 is 1.53 bits per heavy atom. The van der Waals surface area contributed by atoms with Crippen LogP contribution in [-0.4, -0.2) is 14.3 Å². The summed E-state index contributed by atoms with van der Waals surface area (Å²) in [6, 6.07) is 25.8. The molecule has 2 N–H and O–H groups in total. The van der Waals surface area contributed by atoms with Gasteiger partial charge in [-0.25, -0.2) is 8.42 Å². The van der Waals surface area contributed by atoms with Gasteiger partial charge in [0.15, 0.2) is 0 Å². The van der Waals surface area contributed by atoms with Crippen LogP contribution in [0.25, 0.3) is 10.8 Å². The molecule has 0 atom stereocenters. The third-order valence-electron chi connectivity index (χ3n) is 5.31. The second kappa shape index (κ2) is 8.85. The van der Waals surface area contributed by atoms with E-state index in [1.54, 1.807) is 31.2 Å². The number of anilines is 1. The van der Waals surface area contributed by atoms with Crippen LogP contribution in [0.1, 0.15) is 27.0 Å². The van der Waals surface area contributed by atoms with E-state index in [1.165, 1.54) is 6.07 Å². The summed E-state index contributed by atoms with van der Waals surface area (Å²) in [4.78, 5) is 12.8. The van der Waals surface area contributed by atoms with Crippen molar-refractivity contribution in [3.63, 3.8) is 0 Å². The van der Waals surface area contributed by atoms with E-state index in [1.807, 2.05) is 61.5 Å². The Bertz CT molecular complexity index is 1390. The van der Waals surface area contributed by atoms with E-state index in [0.29, 0.717) is 23.4 Å². The number of benzene rings is 4. The highest BCUT2D eigenvalue weighted by Crippen LogP contribution is 2.21. The second-order valence-corrected chi connectivity index (χ2v) is 9.47. The molecule has 1 amide bonds. The van der Waals surface area contributed by atoms with E-state index in [-0.39, 0.29) is 10.8 Å². The highest BCUT2D eigenvalue weighted by Gasteiger charge is 2.19. The van der Waals surface area contributed by atoms with Gasteiger partial charge in [-0.15, -0.1) is 0 Å². The number of aryl methyl sites for hydroxylation is 2. The van der Waals surface area contributed by atoms with E-state index in [0.717, 1.165) is 21.9 Å². The van der Waals surface area contributed by atoms with Gasteiger partial charge in [0.25, 0.3) is 15.9 Å². The summed E-state index contributed by atoms with van der Waals surface area (Å²) in [7, 11) is -3.83. The van der Waals surface area contributed by atoms with Crippen LogP contribution in [0.4, 0.5) is 5.69 Å². The van der Waals surface area contributed by atoms with Crippen LogP contribution in [0.3, 0.4) is 0 Å². The number of carbonyl (C=O) groups is 1. The number of sulfonamides is 1. The Kier molecular flexibility index (Phi) is 5.97. The van der Waals surface area contributed by atoms with Crippen molar-refractivity contribution in [1.29, 1.82) is 0 Å². The molecule has 0 spiro atoms. The van der Waals surface area contributed by atoms with Gasteiger partial charge in [-0.05, 0) is 66.1 Å². The fraction of sp³-hybridized carbons (Fsp3) is 0.115. The third-order valence-corrected chi connectivity index (χ3v) is 6.83. The molecule has 0 saturated heterocycles. The van der Waals surface area contributed by atoms with Crippen LogP contribution in [0.5, 0.6) is 0 Å². The van der Waals surface area contributed by atoms with E-state index >= 15 is 0 Å². The van der Waals surface area contributed by atoms with Crippen molar-refractivity contribution in [2.24, 2.45) is 0 Å². The van der Waals surface area contributed by atoms with E-state index in [4.69, 9.17) is 0 Å². The molecule has 0 aromatic heterocycles. The zero-order valence-corrected chi connectivity index (χ0v) is 18.7. The van der Waals surface area contributed by atoms with Crippen LogP contribution in [-0.2, 0) is 16.6 Å². The molecule has 4 aromatic carbocycles. The first-order valence-corrected chi connectivity index (χ1v) is 11.8. The van der Waals surface area contributed by atoms with Crippen molar-refractivity contribution in [1.82, 2.24) is 5.32 Å². The summed E-state index contributed by atoms with van der Waals surface area (Å²) in [6.45, 7) is 3.99. The molecule has 0 aliphatic heterocycles. The molecule has 0 unspecified atom stereocenters. The molecule has 32 heavy (non-hydrogen) atoms. The molecule has 0 fully saturated rings. The fourth-order valence-electron chi connectivity index (χ4n) is 3.50. The molecule has 162 valence electrons. The monoisotopic (exact) mass is 444 g/mol. The van der Waals surface area contributed by atoms with Gasteiger partial charge in [-0.3, -0.25) is 9.52 Å². The Labute approximate surface area is 188 Å². The number of hydrogen-bond acceptors (Lipinski definition) is 3. The van der Waals surface area contributed by atoms with Crippen molar-refractivity contribution >= 4 is 32.4 Å². The summed E-state index contributed by atoms with van der Waals surface area (Å²) >= 11 is 0. The number of hydrogen-bond donors (Lipinski definition) is 2. The Balaban J connectivity index is 1.51. The molecule has 4 rings (SSSR count). The SMILES string of the molecule is Cc1ccc(NS(=O)(=O)c2cc(C(=O)NCc3ccc4ccccc4c3)ccc2C)cc1. The van der Waals surface area contributed by atoms with Crippen LogP contribution in [0, 0.1) is 13.8 Å². The van der Waals surface area contributed by atoms with E-state index in [2.05, 4.69) is 10.0 Å². The summed E-state index contributed by atoms with van der Waals surface area (Å²) in [5.74, 6) is -0.329. The quantitative estimate of drug-likeness (QED) is 0.430. The summed E-state index contributed by atoms with van der Waals surface area (Å²) in [5, 5.41) is 5.12. The second-order valence-electron chi connectivity index (χ2n) is 7.82. The lowest BCUT2D eigenvalue weighted by atomic mass is 10.1. The molecule has 0 aliphatic rings. The number of carbonyl (C=O) groups excluding carboxylic acids is 1. The maximum absolute atomic E-state index is 12.9. The zero-order chi connectivity index (χ0) is 22.7. The first-order valence-electron chi connectivity index (χ1n) is 10.3. The average molecular weight is 445 g/mol. The summed E-state index contributed by atoms with van der Waals surface area (Å²) < 4.78 is 28.5. The van der Waals surface area contributed by atoms with Gasteiger partial charge in [0.05, 0.1) is 4.90 Å². The molecule has 4 aromatic rings. The topological polar surface area (TPSA) is 75.3 Å². The minimum Gasteiger partial charge on any atom is -0.348 e. The fourth-order valence-corrected chi connectivity index (χ4v) is 4.83. The van der Waals surface area contributed by atoms with Gasteiger partial charge in [-0.1, -0.05) is 60.2 Å². The van der Waals surface area contributed by atoms with Crippen molar-refractivity contribution in [3.8, 4) is 0 Å². The Morgan fingerprint density at radius 3 is 2.28 bits per heavy atom. The molecule has 0 saturated carbocycles. The number of fused-ring (bicyclic) bond motifs is 1. The molecule has 0 heterocycles. The van der Waals surface area contributed by atoms with Gasteiger partial charge in [0, 0.05) is 17.8 Å². The highest BCUT2D eigenvalue weighted by molar-refractivity contribution is 7.92. The maximum Gasteiger partial charge on any atom is 0.262 e. The van der Waals surface area contributed by atoms with Crippen molar-refractivity contribution in [2.75, 3.05) is 4.72 Å². The predicted octanol–water partition coefficient (Wildman–Crippen LogP) is 5.19. The molecule has 5 nitrogen and oxygen atoms in total. The number of nitrogens with one attached hydrogen (secondary N) is 2. The lowest BCUT2D eigenvalue weighted by Crippen LogP contribution is -2.23. The lowest BCUT2D eigenvalue weighted by Gasteiger charge is -2.13. The molecule has 0 radical (unpaired) electrons. The standard InChI is InChI=1S/C26H24N2O3S/c1-18-7-13-24(14-8-18)28-32(30,31)25-16-23(11-9-19(25)2)26(29)27-17-20-10-12-21-5-3-4-6-22(21)15-20/h3-16,28H,17H2,1-2H3,(H,27,29). The molecular weight excluding hydrogens is 420 g/mol. The zero-order valence-electron chi connectivity index (χ0n) is 17.9.